The highest BCUT2D eigenvalue weighted by atomic mass is 79.9. The van der Waals surface area contributed by atoms with Gasteiger partial charge >= 0.3 is 0 Å². The van der Waals surface area contributed by atoms with E-state index >= 15 is 0 Å². The maximum absolute atomic E-state index is 12.7. The van der Waals surface area contributed by atoms with E-state index in [9.17, 15) is 4.79 Å². The van der Waals surface area contributed by atoms with Crippen LogP contribution in [0, 0.1) is 11.8 Å². The zero-order valence-corrected chi connectivity index (χ0v) is 17.1. The first kappa shape index (κ1) is 19.5. The molecule has 1 aliphatic rings. The lowest BCUT2D eigenvalue weighted by molar-refractivity contribution is -0.128. The summed E-state index contributed by atoms with van der Waals surface area (Å²) in [5.74, 6) is 0.225. The van der Waals surface area contributed by atoms with Gasteiger partial charge in [-0.05, 0) is 42.9 Å². The molecule has 3 unspecified atom stereocenters. The van der Waals surface area contributed by atoms with Gasteiger partial charge in [0.15, 0.2) is 5.96 Å². The van der Waals surface area contributed by atoms with Crippen LogP contribution in [0.3, 0.4) is 0 Å². The standard InChI is InChI=1S/C20H26BrN5O/c1-11-12(2)17(26-19(27)15(11)4-3-7-24-20(22)23)8-13-10-25-18-9-14(21)5-6-16(13)18/h5-6,9-11,15,17,25H,2-4,7-8H2,1H3,(H,26,27)(H4,22,23,24). The molecule has 1 aliphatic heterocycles. The number of amides is 1. The zero-order valence-electron chi connectivity index (χ0n) is 15.5. The number of aliphatic imine (C=N–C) groups is 1. The fraction of sp³-hybridized carbons (Fsp3) is 0.400. The average molecular weight is 432 g/mol. The zero-order chi connectivity index (χ0) is 19.6. The van der Waals surface area contributed by atoms with Gasteiger partial charge in [-0.25, -0.2) is 0 Å². The summed E-state index contributed by atoms with van der Waals surface area (Å²) in [5.41, 5.74) is 14.0. The highest BCUT2D eigenvalue weighted by Gasteiger charge is 2.36. The van der Waals surface area contributed by atoms with Crippen molar-refractivity contribution in [2.45, 2.75) is 32.2 Å². The molecule has 3 atom stereocenters. The third kappa shape index (κ3) is 4.35. The number of H-pyrrole nitrogens is 1. The van der Waals surface area contributed by atoms with Crippen LogP contribution in [0.1, 0.15) is 25.3 Å². The Morgan fingerprint density at radius 2 is 2.15 bits per heavy atom. The first-order valence-electron chi connectivity index (χ1n) is 9.16. The number of halogens is 1. The Hall–Kier alpha value is -2.28. The van der Waals surface area contributed by atoms with Gasteiger partial charge in [-0.15, -0.1) is 0 Å². The van der Waals surface area contributed by atoms with Crippen molar-refractivity contribution in [2.24, 2.45) is 28.3 Å². The molecule has 6 nitrogen and oxygen atoms in total. The summed E-state index contributed by atoms with van der Waals surface area (Å²) >= 11 is 3.49. The number of carbonyl (C=O) groups is 1. The molecule has 0 saturated carbocycles. The SMILES string of the molecule is C=C1C(Cc2c[nH]c3cc(Br)ccc23)NC(=O)C(CCCN=C(N)N)C1C. The lowest BCUT2D eigenvalue weighted by Crippen LogP contribution is -2.50. The molecular weight excluding hydrogens is 406 g/mol. The fourth-order valence-corrected chi connectivity index (χ4v) is 4.17. The van der Waals surface area contributed by atoms with Crippen molar-refractivity contribution < 1.29 is 4.79 Å². The molecule has 0 bridgehead atoms. The molecule has 1 aromatic heterocycles. The quantitative estimate of drug-likeness (QED) is 0.244. The summed E-state index contributed by atoms with van der Waals surface area (Å²) in [7, 11) is 0. The van der Waals surface area contributed by atoms with Crippen LogP contribution < -0.4 is 16.8 Å². The van der Waals surface area contributed by atoms with E-state index < -0.39 is 0 Å². The van der Waals surface area contributed by atoms with Crippen molar-refractivity contribution in [1.29, 1.82) is 0 Å². The van der Waals surface area contributed by atoms with Gasteiger partial charge in [-0.3, -0.25) is 9.79 Å². The summed E-state index contributed by atoms with van der Waals surface area (Å²) in [6.45, 7) is 6.92. The second kappa shape index (κ2) is 8.17. The number of benzene rings is 1. The highest BCUT2D eigenvalue weighted by molar-refractivity contribution is 9.10. The number of aromatic amines is 1. The van der Waals surface area contributed by atoms with E-state index in [1.807, 2.05) is 12.3 Å². The Bertz CT molecular complexity index is 884. The molecule has 0 radical (unpaired) electrons. The number of carbonyl (C=O) groups excluding carboxylic acids is 1. The summed E-state index contributed by atoms with van der Waals surface area (Å²) in [4.78, 5) is 20.0. The lowest BCUT2D eigenvalue weighted by Gasteiger charge is -2.36. The van der Waals surface area contributed by atoms with Crippen LogP contribution in [-0.4, -0.2) is 29.4 Å². The van der Waals surface area contributed by atoms with E-state index in [-0.39, 0.29) is 29.7 Å². The highest BCUT2D eigenvalue weighted by Crippen LogP contribution is 2.33. The van der Waals surface area contributed by atoms with Crippen molar-refractivity contribution in [3.8, 4) is 0 Å². The number of aromatic nitrogens is 1. The van der Waals surface area contributed by atoms with Crippen molar-refractivity contribution in [2.75, 3.05) is 6.54 Å². The molecule has 1 fully saturated rings. The number of hydrogen-bond acceptors (Lipinski definition) is 2. The van der Waals surface area contributed by atoms with Gasteiger partial charge in [0.25, 0.3) is 0 Å². The van der Waals surface area contributed by atoms with E-state index in [2.05, 4.69) is 56.9 Å². The first-order chi connectivity index (χ1) is 12.9. The van der Waals surface area contributed by atoms with Crippen molar-refractivity contribution in [3.05, 3.63) is 46.6 Å². The third-order valence-electron chi connectivity index (χ3n) is 5.41. The van der Waals surface area contributed by atoms with Crippen LogP contribution in [-0.2, 0) is 11.2 Å². The molecule has 1 aromatic carbocycles. The van der Waals surface area contributed by atoms with Gasteiger partial charge in [0, 0.05) is 34.0 Å². The molecule has 3 rings (SSSR count). The molecule has 144 valence electrons. The number of piperidine rings is 1. The predicted molar refractivity (Wildman–Crippen MR) is 113 cm³/mol. The van der Waals surface area contributed by atoms with Crippen molar-refractivity contribution in [3.63, 3.8) is 0 Å². The Balaban J connectivity index is 1.67. The van der Waals surface area contributed by atoms with E-state index in [0.717, 1.165) is 34.8 Å². The Labute approximate surface area is 167 Å². The van der Waals surface area contributed by atoms with Gasteiger partial charge in [0.1, 0.15) is 0 Å². The molecule has 1 saturated heterocycles. The largest absolute Gasteiger partial charge is 0.370 e. The van der Waals surface area contributed by atoms with Crippen LogP contribution in [0.4, 0.5) is 0 Å². The van der Waals surface area contributed by atoms with E-state index in [1.165, 1.54) is 10.9 Å². The number of guanidine groups is 1. The molecule has 6 N–H and O–H groups in total. The molecule has 7 heteroatoms. The van der Waals surface area contributed by atoms with E-state index in [4.69, 9.17) is 11.5 Å². The molecule has 0 spiro atoms. The van der Waals surface area contributed by atoms with Gasteiger partial charge in [0.2, 0.25) is 5.91 Å². The lowest BCUT2D eigenvalue weighted by atomic mass is 9.76. The number of nitrogens with two attached hydrogens (primary N) is 2. The van der Waals surface area contributed by atoms with Gasteiger partial charge in [0.05, 0.1) is 6.04 Å². The summed E-state index contributed by atoms with van der Waals surface area (Å²) in [5, 5.41) is 4.34. The second-order valence-electron chi connectivity index (χ2n) is 7.19. The topological polar surface area (TPSA) is 109 Å². The minimum absolute atomic E-state index is 0.0518. The predicted octanol–water partition coefficient (Wildman–Crippen LogP) is 2.83. The Morgan fingerprint density at radius 1 is 1.37 bits per heavy atom. The maximum atomic E-state index is 12.7. The molecule has 2 heterocycles. The molecular formula is C20H26BrN5O. The summed E-state index contributed by atoms with van der Waals surface area (Å²) < 4.78 is 1.04. The third-order valence-corrected chi connectivity index (χ3v) is 5.90. The summed E-state index contributed by atoms with van der Waals surface area (Å²) in [6, 6.07) is 6.13. The smallest absolute Gasteiger partial charge is 0.224 e. The molecule has 0 aliphatic carbocycles. The van der Waals surface area contributed by atoms with E-state index in [1.54, 1.807) is 0 Å². The average Bonchev–Trinajstić information content (AvgIpc) is 3.00. The first-order valence-corrected chi connectivity index (χ1v) is 9.96. The number of hydrogen-bond donors (Lipinski definition) is 4. The number of fused-ring (bicyclic) bond motifs is 1. The van der Waals surface area contributed by atoms with Crippen LogP contribution in [0.2, 0.25) is 0 Å². The monoisotopic (exact) mass is 431 g/mol. The minimum Gasteiger partial charge on any atom is -0.370 e. The number of nitrogens with one attached hydrogen (secondary N) is 2. The van der Waals surface area contributed by atoms with Crippen LogP contribution in [0.25, 0.3) is 10.9 Å². The van der Waals surface area contributed by atoms with Crippen LogP contribution in [0.5, 0.6) is 0 Å². The van der Waals surface area contributed by atoms with Crippen LogP contribution >= 0.6 is 15.9 Å². The Morgan fingerprint density at radius 3 is 2.89 bits per heavy atom. The van der Waals surface area contributed by atoms with Gasteiger partial charge < -0.3 is 21.8 Å². The molecule has 27 heavy (non-hydrogen) atoms. The summed E-state index contributed by atoms with van der Waals surface area (Å²) in [6.07, 6.45) is 4.27. The van der Waals surface area contributed by atoms with Crippen LogP contribution in [0.15, 0.2) is 46.0 Å². The van der Waals surface area contributed by atoms with Crippen molar-refractivity contribution >= 4 is 38.7 Å². The second-order valence-corrected chi connectivity index (χ2v) is 8.10. The minimum atomic E-state index is -0.0816. The van der Waals surface area contributed by atoms with E-state index in [0.29, 0.717) is 6.54 Å². The van der Waals surface area contributed by atoms with Gasteiger partial charge in [-0.2, -0.15) is 0 Å². The number of rotatable bonds is 6. The maximum Gasteiger partial charge on any atom is 0.224 e. The fourth-order valence-electron chi connectivity index (χ4n) is 3.80. The molecule has 1 amide bonds. The normalized spacial score (nSPS) is 22.7. The van der Waals surface area contributed by atoms with Crippen molar-refractivity contribution in [1.82, 2.24) is 10.3 Å². The molecule has 2 aromatic rings. The Kier molecular flexibility index (Phi) is 5.89. The number of nitrogens with zero attached hydrogens (tertiary/aromatic N) is 1. The van der Waals surface area contributed by atoms with Gasteiger partial charge in [-0.1, -0.05) is 41.1 Å².